The number of hydrazine groups is 1. The van der Waals surface area contributed by atoms with E-state index >= 15 is 0 Å². The van der Waals surface area contributed by atoms with Gasteiger partial charge in [-0.1, -0.05) is 5.01 Å². The highest BCUT2D eigenvalue weighted by atomic mass is 16.7. The summed E-state index contributed by atoms with van der Waals surface area (Å²) in [4.78, 5) is 24.3. The van der Waals surface area contributed by atoms with Gasteiger partial charge in [-0.3, -0.25) is 10.1 Å². The Balaban J connectivity index is 2.29. The minimum absolute atomic E-state index is 0.00315. The van der Waals surface area contributed by atoms with Gasteiger partial charge in [-0.15, -0.1) is 5.10 Å². The second-order valence-corrected chi connectivity index (χ2v) is 3.33. The van der Waals surface area contributed by atoms with Gasteiger partial charge in [0.15, 0.2) is 10.8 Å². The third-order valence-corrected chi connectivity index (χ3v) is 2.21. The van der Waals surface area contributed by atoms with E-state index in [9.17, 15) is 20.2 Å². The molecule has 11 heteroatoms. The molecule has 0 aliphatic carbocycles. The predicted octanol–water partition coefficient (Wildman–Crippen LogP) is 0.991. The molecule has 0 spiro atoms. The van der Waals surface area contributed by atoms with E-state index in [1.54, 1.807) is 6.92 Å². The molecule has 0 aliphatic heterocycles. The maximum absolute atomic E-state index is 10.7. The van der Waals surface area contributed by atoms with Crippen molar-refractivity contribution in [3.05, 3.63) is 32.4 Å². The SMILES string of the molecule is CCN(c1nc(-c2ccc([N+](=O)[O-])o2)n[nH]1)[N+](=O)[O-]. The fourth-order valence-electron chi connectivity index (χ4n) is 1.37. The minimum Gasteiger partial charge on any atom is -0.397 e. The van der Waals surface area contributed by atoms with Crippen LogP contribution >= 0.6 is 0 Å². The number of anilines is 1. The van der Waals surface area contributed by atoms with Crippen LogP contribution in [0.5, 0.6) is 0 Å². The number of nitrogens with one attached hydrogen (secondary N) is 1. The predicted molar refractivity (Wildman–Crippen MR) is 60.8 cm³/mol. The Morgan fingerprint density at radius 1 is 1.42 bits per heavy atom. The first-order chi connectivity index (χ1) is 9.02. The van der Waals surface area contributed by atoms with Crippen molar-refractivity contribution in [2.24, 2.45) is 0 Å². The van der Waals surface area contributed by atoms with Gasteiger partial charge in [0.2, 0.25) is 5.82 Å². The second-order valence-electron chi connectivity index (χ2n) is 3.33. The van der Waals surface area contributed by atoms with Crippen molar-refractivity contribution in [3.63, 3.8) is 0 Å². The van der Waals surface area contributed by atoms with Crippen LogP contribution in [-0.4, -0.2) is 31.7 Å². The van der Waals surface area contributed by atoms with E-state index in [-0.39, 0.29) is 24.1 Å². The Morgan fingerprint density at radius 3 is 2.68 bits per heavy atom. The van der Waals surface area contributed by atoms with Crippen LogP contribution in [0.2, 0.25) is 0 Å². The molecule has 0 atom stereocenters. The molecule has 0 fully saturated rings. The van der Waals surface area contributed by atoms with Crippen molar-refractivity contribution in [1.82, 2.24) is 15.2 Å². The van der Waals surface area contributed by atoms with Crippen LogP contribution in [0.4, 0.5) is 11.8 Å². The Hall–Kier alpha value is -2.98. The number of hydrogen-bond acceptors (Lipinski definition) is 7. The van der Waals surface area contributed by atoms with Crippen LogP contribution in [0.3, 0.4) is 0 Å². The van der Waals surface area contributed by atoms with Crippen molar-refractivity contribution >= 4 is 11.8 Å². The van der Waals surface area contributed by atoms with Crippen LogP contribution in [0.25, 0.3) is 11.6 Å². The van der Waals surface area contributed by atoms with Crippen molar-refractivity contribution in [2.75, 3.05) is 11.6 Å². The summed E-state index contributed by atoms with van der Waals surface area (Å²) in [5.74, 6) is -0.485. The average molecular weight is 268 g/mol. The average Bonchev–Trinajstić information content (AvgIpc) is 2.96. The number of H-pyrrole nitrogens is 1. The molecular formula is C8H8N6O5. The molecule has 2 heterocycles. The van der Waals surface area contributed by atoms with Gasteiger partial charge in [0.05, 0.1) is 12.6 Å². The van der Waals surface area contributed by atoms with Gasteiger partial charge in [-0.25, -0.2) is 15.2 Å². The number of furan rings is 1. The highest BCUT2D eigenvalue weighted by molar-refractivity contribution is 5.50. The van der Waals surface area contributed by atoms with E-state index in [0.717, 1.165) is 11.1 Å². The summed E-state index contributed by atoms with van der Waals surface area (Å²) in [6.07, 6.45) is 0. The van der Waals surface area contributed by atoms with Gasteiger partial charge in [0, 0.05) is 0 Å². The first-order valence-electron chi connectivity index (χ1n) is 5.11. The standard InChI is InChI=1S/C8H8N6O5/c1-2-12(14(17)18)8-9-7(10-11-8)5-3-4-6(19-5)13(15)16/h3-4H,2H2,1H3,(H,9,10,11). The fraction of sp³-hybridized carbons (Fsp3) is 0.250. The van der Waals surface area contributed by atoms with E-state index in [0.29, 0.717) is 0 Å². The summed E-state index contributed by atoms with van der Waals surface area (Å²) in [6.45, 7) is 1.66. The quantitative estimate of drug-likeness (QED) is 0.624. The molecule has 19 heavy (non-hydrogen) atoms. The number of hydrogen-bond donors (Lipinski definition) is 1. The lowest BCUT2D eigenvalue weighted by Gasteiger charge is -2.05. The van der Waals surface area contributed by atoms with Gasteiger partial charge >= 0.3 is 5.88 Å². The lowest BCUT2D eigenvalue weighted by molar-refractivity contribution is -0.495. The third-order valence-electron chi connectivity index (χ3n) is 2.21. The molecule has 0 amide bonds. The third kappa shape index (κ3) is 2.34. The topological polar surface area (TPSA) is 144 Å². The van der Waals surface area contributed by atoms with Gasteiger partial charge in [0.25, 0.3) is 5.95 Å². The smallest absolute Gasteiger partial charge is 0.397 e. The largest absolute Gasteiger partial charge is 0.433 e. The lowest BCUT2D eigenvalue weighted by Crippen LogP contribution is -2.30. The molecule has 1 N–H and O–H groups in total. The zero-order valence-electron chi connectivity index (χ0n) is 9.64. The maximum atomic E-state index is 10.7. The first kappa shape index (κ1) is 12.5. The molecule has 0 radical (unpaired) electrons. The molecule has 100 valence electrons. The minimum atomic E-state index is -0.702. The molecule has 0 saturated carbocycles. The summed E-state index contributed by atoms with van der Waals surface area (Å²) in [5, 5.41) is 27.3. The molecular weight excluding hydrogens is 260 g/mol. The van der Waals surface area contributed by atoms with Crippen LogP contribution in [0.15, 0.2) is 16.5 Å². The highest BCUT2D eigenvalue weighted by Gasteiger charge is 2.22. The van der Waals surface area contributed by atoms with Gasteiger partial charge in [-0.05, 0) is 13.0 Å². The number of nitrogens with zero attached hydrogens (tertiary/aromatic N) is 5. The van der Waals surface area contributed by atoms with E-state index in [1.165, 1.54) is 6.07 Å². The number of nitro groups is 2. The molecule has 0 saturated heterocycles. The van der Waals surface area contributed by atoms with Gasteiger partial charge in [-0.2, -0.15) is 4.98 Å². The summed E-state index contributed by atoms with van der Waals surface area (Å²) >= 11 is 0. The summed E-state index contributed by atoms with van der Waals surface area (Å²) in [6, 6.07) is 2.46. The number of aromatic nitrogens is 3. The van der Waals surface area contributed by atoms with Gasteiger partial charge in [0.1, 0.15) is 4.92 Å². The molecule has 2 aromatic rings. The van der Waals surface area contributed by atoms with Crippen LogP contribution < -0.4 is 5.01 Å². The Kier molecular flexibility index (Phi) is 3.10. The van der Waals surface area contributed by atoms with Crippen molar-refractivity contribution in [2.45, 2.75) is 6.92 Å². The summed E-state index contributed by atoms with van der Waals surface area (Å²) in [5.41, 5.74) is 0. The summed E-state index contributed by atoms with van der Waals surface area (Å²) in [7, 11) is 0. The van der Waals surface area contributed by atoms with Crippen LogP contribution in [-0.2, 0) is 0 Å². The molecule has 0 aromatic carbocycles. The lowest BCUT2D eigenvalue weighted by atomic mass is 10.4. The monoisotopic (exact) mass is 268 g/mol. The first-order valence-corrected chi connectivity index (χ1v) is 5.11. The number of aromatic amines is 1. The zero-order chi connectivity index (χ0) is 14.0. The van der Waals surface area contributed by atoms with E-state index in [2.05, 4.69) is 15.2 Å². The highest BCUT2D eigenvalue weighted by Crippen LogP contribution is 2.24. The van der Waals surface area contributed by atoms with E-state index in [1.807, 2.05) is 0 Å². The Labute approximate surface area is 105 Å². The zero-order valence-corrected chi connectivity index (χ0v) is 9.64. The van der Waals surface area contributed by atoms with Crippen molar-refractivity contribution in [1.29, 1.82) is 0 Å². The maximum Gasteiger partial charge on any atom is 0.433 e. The summed E-state index contributed by atoms with van der Waals surface area (Å²) < 4.78 is 4.89. The Bertz CT molecular complexity index is 619. The van der Waals surface area contributed by atoms with E-state index in [4.69, 9.17) is 4.42 Å². The molecule has 2 rings (SSSR count). The molecule has 0 aliphatic rings. The molecule has 0 unspecified atom stereocenters. The van der Waals surface area contributed by atoms with Crippen molar-refractivity contribution < 1.29 is 14.4 Å². The fourth-order valence-corrected chi connectivity index (χ4v) is 1.37. The van der Waals surface area contributed by atoms with Crippen LogP contribution in [0.1, 0.15) is 6.92 Å². The van der Waals surface area contributed by atoms with Gasteiger partial charge < -0.3 is 4.42 Å². The molecule has 0 bridgehead atoms. The molecule has 11 nitrogen and oxygen atoms in total. The second kappa shape index (κ2) is 4.72. The molecule has 2 aromatic heterocycles. The van der Waals surface area contributed by atoms with E-state index < -0.39 is 15.8 Å². The van der Waals surface area contributed by atoms with Crippen molar-refractivity contribution in [3.8, 4) is 11.6 Å². The number of rotatable bonds is 5. The normalized spacial score (nSPS) is 10.4. The Morgan fingerprint density at radius 2 is 2.16 bits per heavy atom. The van der Waals surface area contributed by atoms with Crippen LogP contribution in [0, 0.1) is 20.2 Å².